The summed E-state index contributed by atoms with van der Waals surface area (Å²) in [5.41, 5.74) is 5.91. The second-order valence-electron chi connectivity index (χ2n) is 11.8. The summed E-state index contributed by atoms with van der Waals surface area (Å²) in [4.78, 5) is 5.00. The molecule has 2 nitrogen and oxygen atoms in total. The van der Waals surface area contributed by atoms with Gasteiger partial charge in [0.1, 0.15) is 5.54 Å². The Morgan fingerprint density at radius 1 is 0.718 bits per heavy atom. The number of nitrogens with zero attached hydrogens (tertiary/aromatic N) is 2. The Bertz CT molecular complexity index is 1230. The number of unbranched alkanes of at least 4 members (excludes halogenated alkanes) is 1. The Balaban J connectivity index is 1.32. The van der Waals surface area contributed by atoms with E-state index in [9.17, 15) is 0 Å². The third-order valence-electron chi connectivity index (χ3n) is 9.05. The van der Waals surface area contributed by atoms with Gasteiger partial charge in [-0.1, -0.05) is 142 Å². The fourth-order valence-electron chi connectivity index (χ4n) is 6.86. The van der Waals surface area contributed by atoms with E-state index in [0.29, 0.717) is 0 Å². The quantitative estimate of drug-likeness (QED) is 0.144. The van der Waals surface area contributed by atoms with Crippen LogP contribution in [0.5, 0.6) is 0 Å². The summed E-state index contributed by atoms with van der Waals surface area (Å²) in [6.45, 7) is 0. The zero-order valence-electron chi connectivity index (χ0n) is 23.2. The molecule has 0 unspecified atom stereocenters. The van der Waals surface area contributed by atoms with Gasteiger partial charge in [-0.3, -0.25) is 0 Å². The molecule has 6 rings (SSSR count). The Morgan fingerprint density at radius 2 is 1.28 bits per heavy atom. The number of imidazole rings is 1. The molecule has 0 amide bonds. The van der Waals surface area contributed by atoms with Crippen LogP contribution in [0.15, 0.2) is 109 Å². The van der Waals surface area contributed by atoms with E-state index in [1.54, 1.807) is 5.57 Å². The maximum absolute atomic E-state index is 5.00. The minimum Gasteiger partial charge on any atom is -0.318 e. The van der Waals surface area contributed by atoms with E-state index < -0.39 is 5.54 Å². The number of hydrogen-bond acceptors (Lipinski definition) is 1. The van der Waals surface area contributed by atoms with E-state index >= 15 is 0 Å². The average Bonchev–Trinajstić information content (AvgIpc) is 3.76. The van der Waals surface area contributed by atoms with Crippen LogP contribution in [0.3, 0.4) is 0 Å². The number of aromatic nitrogens is 2. The number of hydrogen-bond donors (Lipinski definition) is 0. The Labute approximate surface area is 234 Å². The van der Waals surface area contributed by atoms with Crippen molar-refractivity contribution in [2.24, 2.45) is 11.8 Å². The average molecular weight is 515 g/mol. The van der Waals surface area contributed by atoms with Crippen molar-refractivity contribution in [3.05, 3.63) is 131 Å². The molecule has 0 aliphatic heterocycles. The molecule has 0 spiro atoms. The molecular formula is C37H42N2. The van der Waals surface area contributed by atoms with E-state index in [-0.39, 0.29) is 0 Å². The van der Waals surface area contributed by atoms with E-state index in [4.69, 9.17) is 4.98 Å². The summed E-state index contributed by atoms with van der Waals surface area (Å²) in [5, 5.41) is 0. The highest BCUT2D eigenvalue weighted by atomic mass is 15.1. The Morgan fingerprint density at radius 3 is 1.82 bits per heavy atom. The molecule has 1 aromatic heterocycles. The molecule has 0 radical (unpaired) electrons. The molecule has 0 N–H and O–H groups in total. The lowest BCUT2D eigenvalue weighted by Gasteiger charge is -2.37. The summed E-state index contributed by atoms with van der Waals surface area (Å²) in [6, 6.07) is 32.7. The van der Waals surface area contributed by atoms with Gasteiger partial charge in [-0.05, 0) is 60.3 Å². The van der Waals surface area contributed by atoms with Crippen molar-refractivity contribution >= 4 is 6.08 Å². The van der Waals surface area contributed by atoms with E-state index in [2.05, 4.69) is 108 Å². The first-order valence-corrected chi connectivity index (χ1v) is 15.3. The minimum absolute atomic E-state index is 0.497. The van der Waals surface area contributed by atoms with Gasteiger partial charge in [0.15, 0.2) is 0 Å². The SMILES string of the molecule is C(=C(CCCCC1CCCCC1)C1CC1)c1cn(C(c2ccccc2)(c2ccccc2)c2ccccc2)cn1. The van der Waals surface area contributed by atoms with Crippen LogP contribution in [0.4, 0.5) is 0 Å². The molecule has 3 aromatic carbocycles. The molecule has 200 valence electrons. The summed E-state index contributed by atoms with van der Waals surface area (Å²) in [5.74, 6) is 1.76. The van der Waals surface area contributed by atoms with Crippen molar-refractivity contribution in [2.75, 3.05) is 0 Å². The summed E-state index contributed by atoms with van der Waals surface area (Å²) >= 11 is 0. The van der Waals surface area contributed by atoms with Gasteiger partial charge in [0.25, 0.3) is 0 Å². The molecule has 4 aromatic rings. The van der Waals surface area contributed by atoms with Gasteiger partial charge in [-0.2, -0.15) is 0 Å². The topological polar surface area (TPSA) is 17.8 Å². The Kier molecular flexibility index (Phi) is 8.09. The second-order valence-corrected chi connectivity index (χ2v) is 11.8. The lowest BCUT2D eigenvalue weighted by atomic mass is 9.77. The predicted molar refractivity (Wildman–Crippen MR) is 163 cm³/mol. The van der Waals surface area contributed by atoms with Gasteiger partial charge in [0.05, 0.1) is 12.0 Å². The fourth-order valence-corrected chi connectivity index (χ4v) is 6.86. The molecule has 0 atom stereocenters. The first-order chi connectivity index (χ1) is 19.3. The predicted octanol–water partition coefficient (Wildman–Crippen LogP) is 9.66. The smallest absolute Gasteiger partial charge is 0.121 e. The Hall–Kier alpha value is -3.39. The minimum atomic E-state index is -0.497. The van der Waals surface area contributed by atoms with Crippen LogP contribution in [0.2, 0.25) is 0 Å². The zero-order valence-corrected chi connectivity index (χ0v) is 23.2. The van der Waals surface area contributed by atoms with Gasteiger partial charge in [-0.15, -0.1) is 0 Å². The second kappa shape index (κ2) is 12.2. The van der Waals surface area contributed by atoms with Crippen molar-refractivity contribution in [1.82, 2.24) is 9.55 Å². The van der Waals surface area contributed by atoms with Crippen LogP contribution in [-0.2, 0) is 5.54 Å². The van der Waals surface area contributed by atoms with Crippen molar-refractivity contribution in [3.63, 3.8) is 0 Å². The molecule has 1 heterocycles. The molecule has 2 fully saturated rings. The largest absolute Gasteiger partial charge is 0.318 e. The van der Waals surface area contributed by atoms with Gasteiger partial charge in [-0.25, -0.2) is 4.98 Å². The molecule has 2 saturated carbocycles. The van der Waals surface area contributed by atoms with E-state index in [1.165, 1.54) is 87.3 Å². The van der Waals surface area contributed by atoms with Crippen LogP contribution in [-0.4, -0.2) is 9.55 Å². The molecular weight excluding hydrogens is 472 g/mol. The number of benzene rings is 3. The van der Waals surface area contributed by atoms with Crippen LogP contribution >= 0.6 is 0 Å². The first kappa shape index (κ1) is 25.9. The first-order valence-electron chi connectivity index (χ1n) is 15.3. The summed E-state index contributed by atoms with van der Waals surface area (Å²) in [7, 11) is 0. The molecule has 2 aliphatic carbocycles. The van der Waals surface area contributed by atoms with Gasteiger partial charge >= 0.3 is 0 Å². The third-order valence-corrected chi connectivity index (χ3v) is 9.05. The van der Waals surface area contributed by atoms with Gasteiger partial charge < -0.3 is 4.57 Å². The highest BCUT2D eigenvalue weighted by Crippen LogP contribution is 2.42. The molecule has 2 heteroatoms. The fraction of sp³-hybridized carbons (Fsp3) is 0.378. The number of rotatable bonds is 11. The van der Waals surface area contributed by atoms with Crippen molar-refractivity contribution in [1.29, 1.82) is 0 Å². The van der Waals surface area contributed by atoms with Crippen molar-refractivity contribution < 1.29 is 0 Å². The lowest BCUT2D eigenvalue weighted by Crippen LogP contribution is -2.36. The maximum atomic E-state index is 5.00. The zero-order chi connectivity index (χ0) is 26.3. The molecule has 0 bridgehead atoms. The number of allylic oxidation sites excluding steroid dienone is 1. The van der Waals surface area contributed by atoms with Crippen LogP contribution in [0, 0.1) is 11.8 Å². The lowest BCUT2D eigenvalue weighted by molar-refractivity contribution is 0.329. The molecule has 2 aliphatic rings. The highest BCUT2D eigenvalue weighted by Gasteiger charge is 2.38. The van der Waals surface area contributed by atoms with Gasteiger partial charge in [0.2, 0.25) is 0 Å². The molecule has 0 saturated heterocycles. The molecule has 39 heavy (non-hydrogen) atoms. The third kappa shape index (κ3) is 5.81. The van der Waals surface area contributed by atoms with Crippen LogP contribution < -0.4 is 0 Å². The maximum Gasteiger partial charge on any atom is 0.121 e. The normalized spacial score (nSPS) is 16.9. The van der Waals surface area contributed by atoms with Crippen molar-refractivity contribution in [3.8, 4) is 0 Å². The van der Waals surface area contributed by atoms with E-state index in [0.717, 1.165) is 17.5 Å². The van der Waals surface area contributed by atoms with Crippen LogP contribution in [0.1, 0.15) is 93.0 Å². The van der Waals surface area contributed by atoms with Crippen molar-refractivity contribution in [2.45, 2.75) is 76.2 Å². The summed E-state index contributed by atoms with van der Waals surface area (Å²) < 4.78 is 2.34. The van der Waals surface area contributed by atoms with Crippen LogP contribution in [0.25, 0.3) is 6.08 Å². The van der Waals surface area contributed by atoms with E-state index in [1.807, 2.05) is 6.33 Å². The standard InChI is InChI=1S/C37H42N2/c1-5-15-30(16-6-1)17-13-14-18-32(31-25-26-31)27-36-28-39(29-38-36)37(33-19-7-2-8-20-33,34-21-9-3-10-22-34)35-23-11-4-12-24-35/h2-4,7-12,19-24,27-31H,1,5-6,13-18,25-26H2. The highest BCUT2D eigenvalue weighted by molar-refractivity contribution is 5.54. The summed E-state index contributed by atoms with van der Waals surface area (Å²) in [6.07, 6.45) is 22.1. The van der Waals surface area contributed by atoms with Gasteiger partial charge in [0, 0.05) is 6.20 Å². The monoisotopic (exact) mass is 514 g/mol.